The summed E-state index contributed by atoms with van der Waals surface area (Å²) in [4.78, 5) is 11.6. The summed E-state index contributed by atoms with van der Waals surface area (Å²) in [5.74, 6) is -0.580. The standard InChI is InChI=1S/C13H24O3Si/c1-7-11(10-17(4,5)6)9-13(3,15)12(14)16-8-2/h15H,1,8-10H2,2-6H3. The summed E-state index contributed by atoms with van der Waals surface area (Å²) in [5, 5.41) is 10.1. The number of ether oxygens (including phenoxy) is 1. The van der Waals surface area contributed by atoms with Crippen molar-refractivity contribution in [1.82, 2.24) is 0 Å². The fourth-order valence-electron chi connectivity index (χ4n) is 1.60. The van der Waals surface area contributed by atoms with E-state index >= 15 is 0 Å². The van der Waals surface area contributed by atoms with E-state index in [0.29, 0.717) is 0 Å². The summed E-state index contributed by atoms with van der Waals surface area (Å²) in [6.07, 6.45) is 0.250. The van der Waals surface area contributed by atoms with Crippen LogP contribution in [-0.4, -0.2) is 31.4 Å². The van der Waals surface area contributed by atoms with E-state index in [-0.39, 0.29) is 13.0 Å². The third-order valence-electron chi connectivity index (χ3n) is 2.27. The molecule has 0 rings (SSSR count). The van der Waals surface area contributed by atoms with Gasteiger partial charge in [0.1, 0.15) is 0 Å². The van der Waals surface area contributed by atoms with Crippen LogP contribution < -0.4 is 0 Å². The van der Waals surface area contributed by atoms with Gasteiger partial charge in [-0.25, -0.2) is 4.79 Å². The molecule has 0 spiro atoms. The number of hydrogen-bond acceptors (Lipinski definition) is 3. The van der Waals surface area contributed by atoms with Crippen LogP contribution in [0.5, 0.6) is 0 Å². The van der Waals surface area contributed by atoms with E-state index in [4.69, 9.17) is 4.74 Å². The van der Waals surface area contributed by atoms with Gasteiger partial charge in [-0.1, -0.05) is 26.2 Å². The highest BCUT2D eigenvalue weighted by Gasteiger charge is 2.33. The van der Waals surface area contributed by atoms with Gasteiger partial charge < -0.3 is 9.84 Å². The largest absolute Gasteiger partial charge is 0.464 e. The first-order valence-corrected chi connectivity index (χ1v) is 9.60. The first kappa shape index (κ1) is 16.2. The molecule has 0 fully saturated rings. The van der Waals surface area contributed by atoms with Crippen LogP contribution in [0.2, 0.25) is 25.7 Å². The lowest BCUT2D eigenvalue weighted by molar-refractivity contribution is -0.162. The lowest BCUT2D eigenvalue weighted by Gasteiger charge is -2.24. The normalized spacial score (nSPS) is 14.7. The molecule has 0 aromatic rings. The summed E-state index contributed by atoms with van der Waals surface area (Å²) in [6.45, 7) is 13.8. The third kappa shape index (κ3) is 6.47. The summed E-state index contributed by atoms with van der Waals surface area (Å²) in [7, 11) is -1.30. The van der Waals surface area contributed by atoms with Gasteiger partial charge in [0.25, 0.3) is 0 Å². The Kier molecular flexibility index (Phi) is 5.89. The molecule has 0 heterocycles. The lowest BCUT2D eigenvalue weighted by Crippen LogP contribution is -2.38. The molecule has 0 aliphatic heterocycles. The summed E-state index contributed by atoms with van der Waals surface area (Å²) in [6, 6.07) is 0.881. The van der Waals surface area contributed by atoms with Crippen LogP contribution in [0.1, 0.15) is 20.3 Å². The molecule has 0 saturated carbocycles. The second-order valence-corrected chi connectivity index (χ2v) is 11.2. The molecular formula is C13H24O3Si. The Balaban J connectivity index is 4.69. The molecule has 4 heteroatoms. The maximum absolute atomic E-state index is 11.6. The van der Waals surface area contributed by atoms with Crippen molar-refractivity contribution >= 4 is 14.0 Å². The summed E-state index contributed by atoms with van der Waals surface area (Å²) < 4.78 is 4.84. The van der Waals surface area contributed by atoms with Crippen molar-refractivity contribution in [2.75, 3.05) is 6.61 Å². The second-order valence-electron chi connectivity index (χ2n) is 5.69. The first-order valence-electron chi connectivity index (χ1n) is 5.90. The molecule has 1 atom stereocenters. The number of carbonyl (C=O) groups is 1. The molecule has 17 heavy (non-hydrogen) atoms. The van der Waals surface area contributed by atoms with Gasteiger partial charge in [-0.05, 0) is 25.5 Å². The first-order chi connectivity index (χ1) is 7.62. The summed E-state index contributed by atoms with van der Waals surface area (Å²) in [5.41, 5.74) is 2.27. The molecule has 1 N–H and O–H groups in total. The Morgan fingerprint density at radius 3 is 2.35 bits per heavy atom. The zero-order valence-corrected chi connectivity index (χ0v) is 12.6. The number of carbonyl (C=O) groups excluding carboxylic acids is 1. The van der Waals surface area contributed by atoms with E-state index in [2.05, 4.69) is 32.0 Å². The molecule has 3 nitrogen and oxygen atoms in total. The Hall–Kier alpha value is -0.833. The zero-order valence-electron chi connectivity index (χ0n) is 11.6. The third-order valence-corrected chi connectivity index (χ3v) is 3.75. The molecule has 0 aliphatic carbocycles. The smallest absolute Gasteiger partial charge is 0.338 e. The van der Waals surface area contributed by atoms with E-state index in [1.54, 1.807) is 6.92 Å². The van der Waals surface area contributed by atoms with Crippen LogP contribution >= 0.6 is 0 Å². The van der Waals surface area contributed by atoms with Crippen LogP contribution in [0.3, 0.4) is 0 Å². The van der Waals surface area contributed by atoms with Crippen molar-refractivity contribution in [3.63, 3.8) is 0 Å². The Labute approximate surface area is 105 Å². The topological polar surface area (TPSA) is 46.5 Å². The van der Waals surface area contributed by atoms with E-state index in [9.17, 15) is 9.90 Å². The lowest BCUT2D eigenvalue weighted by atomic mass is 9.98. The Morgan fingerprint density at radius 2 is 2.00 bits per heavy atom. The molecule has 98 valence electrons. The highest BCUT2D eigenvalue weighted by Crippen LogP contribution is 2.24. The van der Waals surface area contributed by atoms with E-state index in [1.807, 2.05) is 0 Å². The van der Waals surface area contributed by atoms with Crippen molar-refractivity contribution in [3.05, 3.63) is 17.9 Å². The van der Waals surface area contributed by atoms with Crippen LogP contribution in [-0.2, 0) is 9.53 Å². The van der Waals surface area contributed by atoms with Gasteiger partial charge in [0.15, 0.2) is 5.60 Å². The predicted molar refractivity (Wildman–Crippen MR) is 72.7 cm³/mol. The molecule has 0 radical (unpaired) electrons. The molecule has 0 aromatic heterocycles. The molecule has 0 aromatic carbocycles. The SMILES string of the molecule is C=C=C(CC(C)(O)C(=O)OCC)C[Si](C)(C)C. The van der Waals surface area contributed by atoms with Gasteiger partial charge in [0.2, 0.25) is 0 Å². The Bertz CT molecular complexity index is 320. The molecule has 1 unspecified atom stereocenters. The minimum atomic E-state index is -1.48. The van der Waals surface area contributed by atoms with Crippen LogP contribution in [0.4, 0.5) is 0 Å². The van der Waals surface area contributed by atoms with E-state index in [0.717, 1.165) is 11.6 Å². The molecular weight excluding hydrogens is 232 g/mol. The Morgan fingerprint density at radius 1 is 1.47 bits per heavy atom. The van der Waals surface area contributed by atoms with Crippen molar-refractivity contribution in [2.45, 2.75) is 51.6 Å². The van der Waals surface area contributed by atoms with Gasteiger partial charge in [-0.15, -0.1) is 5.73 Å². The van der Waals surface area contributed by atoms with E-state index in [1.165, 1.54) is 6.92 Å². The maximum atomic E-state index is 11.6. The van der Waals surface area contributed by atoms with Gasteiger partial charge in [-0.2, -0.15) is 0 Å². The van der Waals surface area contributed by atoms with Gasteiger partial charge in [0, 0.05) is 14.5 Å². The minimum absolute atomic E-state index is 0.250. The number of hydrogen-bond donors (Lipinski definition) is 1. The fourth-order valence-corrected chi connectivity index (χ4v) is 3.13. The fraction of sp³-hybridized carbons (Fsp3) is 0.692. The van der Waals surface area contributed by atoms with E-state index < -0.39 is 19.6 Å². The summed E-state index contributed by atoms with van der Waals surface area (Å²) >= 11 is 0. The van der Waals surface area contributed by atoms with Crippen LogP contribution in [0.15, 0.2) is 17.9 Å². The van der Waals surface area contributed by atoms with Crippen LogP contribution in [0, 0.1) is 0 Å². The average molecular weight is 256 g/mol. The monoisotopic (exact) mass is 256 g/mol. The quantitative estimate of drug-likeness (QED) is 0.451. The van der Waals surface area contributed by atoms with Crippen LogP contribution in [0.25, 0.3) is 0 Å². The molecule has 0 amide bonds. The van der Waals surface area contributed by atoms with Gasteiger partial charge in [-0.3, -0.25) is 0 Å². The predicted octanol–water partition coefficient (Wildman–Crippen LogP) is 2.74. The number of rotatable bonds is 6. The number of aliphatic hydroxyl groups is 1. The molecule has 0 aliphatic rings. The highest BCUT2D eigenvalue weighted by atomic mass is 28.3. The van der Waals surface area contributed by atoms with Gasteiger partial charge >= 0.3 is 5.97 Å². The van der Waals surface area contributed by atoms with Gasteiger partial charge in [0.05, 0.1) is 6.61 Å². The average Bonchev–Trinajstić information content (AvgIpc) is 2.14. The number of esters is 1. The molecule has 0 bridgehead atoms. The molecule has 0 saturated heterocycles. The van der Waals surface area contributed by atoms with Crippen molar-refractivity contribution in [2.24, 2.45) is 0 Å². The van der Waals surface area contributed by atoms with Crippen molar-refractivity contribution in [3.8, 4) is 0 Å². The maximum Gasteiger partial charge on any atom is 0.338 e. The highest BCUT2D eigenvalue weighted by molar-refractivity contribution is 6.76. The van der Waals surface area contributed by atoms with Crippen molar-refractivity contribution < 1.29 is 14.6 Å². The second kappa shape index (κ2) is 6.19. The minimum Gasteiger partial charge on any atom is -0.464 e. The van der Waals surface area contributed by atoms with Crippen molar-refractivity contribution in [1.29, 1.82) is 0 Å². The zero-order chi connectivity index (χ0) is 13.7.